The summed E-state index contributed by atoms with van der Waals surface area (Å²) in [6, 6.07) is 4.14. The summed E-state index contributed by atoms with van der Waals surface area (Å²) in [4.78, 5) is 2.34. The first kappa shape index (κ1) is 14.3. The molecule has 0 bridgehead atoms. The maximum Gasteiger partial charge on any atom is 0.118 e. The van der Waals surface area contributed by atoms with Crippen LogP contribution in [0.2, 0.25) is 0 Å². The molecule has 0 unspecified atom stereocenters. The maximum atomic E-state index is 5.79. The third-order valence-corrected chi connectivity index (χ3v) is 3.56. The van der Waals surface area contributed by atoms with E-state index in [2.05, 4.69) is 57.1 Å². The molecule has 0 amide bonds. The number of nitrogens with one attached hydrogen (secondary N) is 1. The molecule has 0 aliphatic heterocycles. The molecule has 0 aliphatic rings. The third-order valence-electron chi connectivity index (χ3n) is 3.56. The van der Waals surface area contributed by atoms with Gasteiger partial charge in [-0.2, -0.15) is 0 Å². The van der Waals surface area contributed by atoms with E-state index in [0.29, 0.717) is 0 Å². The SMILES string of the molecule is CCNCc1ccc(CN(C)C(C)(C)CC)o1. The maximum absolute atomic E-state index is 5.79. The smallest absolute Gasteiger partial charge is 0.118 e. The van der Waals surface area contributed by atoms with Crippen LogP contribution in [0.3, 0.4) is 0 Å². The molecular formula is C14H26N2O. The standard InChI is InChI=1S/C14H26N2O/c1-6-14(3,4)16(5)11-13-9-8-12(17-13)10-15-7-2/h8-9,15H,6-7,10-11H2,1-5H3. The predicted octanol–water partition coefficient (Wildman–Crippen LogP) is 3.01. The van der Waals surface area contributed by atoms with E-state index in [0.717, 1.165) is 37.6 Å². The van der Waals surface area contributed by atoms with Crippen LogP contribution in [0.15, 0.2) is 16.5 Å². The fourth-order valence-electron chi connectivity index (χ4n) is 1.57. The largest absolute Gasteiger partial charge is 0.463 e. The normalized spacial score (nSPS) is 12.4. The Balaban J connectivity index is 2.54. The summed E-state index contributed by atoms with van der Waals surface area (Å²) in [6.07, 6.45) is 1.13. The molecule has 1 N–H and O–H groups in total. The van der Waals surface area contributed by atoms with Gasteiger partial charge in [-0.05, 0) is 46.0 Å². The average Bonchev–Trinajstić information content (AvgIpc) is 2.74. The highest BCUT2D eigenvalue weighted by atomic mass is 16.3. The van der Waals surface area contributed by atoms with E-state index in [-0.39, 0.29) is 5.54 Å². The molecule has 0 atom stereocenters. The second kappa shape index (κ2) is 6.22. The van der Waals surface area contributed by atoms with E-state index in [4.69, 9.17) is 4.42 Å². The summed E-state index contributed by atoms with van der Waals surface area (Å²) in [5, 5.41) is 3.27. The van der Waals surface area contributed by atoms with Crippen molar-refractivity contribution in [3.05, 3.63) is 23.7 Å². The number of rotatable bonds is 7. The van der Waals surface area contributed by atoms with Crippen LogP contribution in [0.5, 0.6) is 0 Å². The minimum Gasteiger partial charge on any atom is -0.463 e. The van der Waals surface area contributed by atoms with Crippen LogP contribution in [0, 0.1) is 0 Å². The van der Waals surface area contributed by atoms with Crippen molar-refractivity contribution >= 4 is 0 Å². The van der Waals surface area contributed by atoms with Crippen molar-refractivity contribution in [2.24, 2.45) is 0 Å². The Labute approximate surface area is 105 Å². The Hall–Kier alpha value is -0.800. The van der Waals surface area contributed by atoms with Crippen LogP contribution in [-0.2, 0) is 13.1 Å². The van der Waals surface area contributed by atoms with Gasteiger partial charge < -0.3 is 9.73 Å². The highest BCUT2D eigenvalue weighted by Crippen LogP contribution is 2.20. The van der Waals surface area contributed by atoms with Gasteiger partial charge in [-0.25, -0.2) is 0 Å². The van der Waals surface area contributed by atoms with Crippen molar-refractivity contribution in [2.45, 2.75) is 52.7 Å². The molecule has 1 heterocycles. The van der Waals surface area contributed by atoms with Gasteiger partial charge in [0.2, 0.25) is 0 Å². The molecule has 0 aliphatic carbocycles. The molecule has 1 rings (SSSR count). The monoisotopic (exact) mass is 238 g/mol. The van der Waals surface area contributed by atoms with Gasteiger partial charge in [0.15, 0.2) is 0 Å². The number of hydrogen-bond donors (Lipinski definition) is 1. The highest BCUT2D eigenvalue weighted by Gasteiger charge is 2.21. The quantitative estimate of drug-likeness (QED) is 0.791. The fourth-order valence-corrected chi connectivity index (χ4v) is 1.57. The van der Waals surface area contributed by atoms with Crippen LogP contribution in [-0.4, -0.2) is 24.0 Å². The lowest BCUT2D eigenvalue weighted by atomic mass is 10.00. The second-order valence-electron chi connectivity index (χ2n) is 5.17. The van der Waals surface area contributed by atoms with Gasteiger partial charge in [0, 0.05) is 5.54 Å². The Kier molecular flexibility index (Phi) is 5.22. The zero-order valence-electron chi connectivity index (χ0n) is 11.8. The molecule has 98 valence electrons. The second-order valence-corrected chi connectivity index (χ2v) is 5.17. The van der Waals surface area contributed by atoms with Crippen LogP contribution < -0.4 is 5.32 Å². The number of furan rings is 1. The lowest BCUT2D eigenvalue weighted by Crippen LogP contribution is -2.39. The van der Waals surface area contributed by atoms with Crippen molar-refractivity contribution in [3.63, 3.8) is 0 Å². The first-order valence-corrected chi connectivity index (χ1v) is 6.49. The minimum atomic E-state index is 0.217. The molecule has 1 aromatic heterocycles. The summed E-state index contributed by atoms with van der Waals surface area (Å²) in [7, 11) is 2.15. The Morgan fingerprint density at radius 3 is 2.47 bits per heavy atom. The van der Waals surface area contributed by atoms with E-state index in [1.807, 2.05) is 0 Å². The Bertz CT molecular complexity index is 331. The molecule has 17 heavy (non-hydrogen) atoms. The van der Waals surface area contributed by atoms with Crippen LogP contribution in [0.25, 0.3) is 0 Å². The molecule has 0 aromatic carbocycles. The van der Waals surface area contributed by atoms with E-state index in [9.17, 15) is 0 Å². The zero-order chi connectivity index (χ0) is 12.9. The van der Waals surface area contributed by atoms with Crippen LogP contribution in [0.1, 0.15) is 45.6 Å². The van der Waals surface area contributed by atoms with Crippen molar-refractivity contribution in [1.29, 1.82) is 0 Å². The van der Waals surface area contributed by atoms with Crippen molar-refractivity contribution in [2.75, 3.05) is 13.6 Å². The number of nitrogens with zero attached hydrogens (tertiary/aromatic N) is 1. The summed E-state index contributed by atoms with van der Waals surface area (Å²) in [6.45, 7) is 11.5. The molecule has 0 radical (unpaired) electrons. The summed E-state index contributed by atoms with van der Waals surface area (Å²) in [5.74, 6) is 2.06. The van der Waals surface area contributed by atoms with Gasteiger partial charge >= 0.3 is 0 Å². The van der Waals surface area contributed by atoms with E-state index < -0.39 is 0 Å². The Morgan fingerprint density at radius 1 is 1.24 bits per heavy atom. The third kappa shape index (κ3) is 4.17. The molecule has 0 saturated carbocycles. The topological polar surface area (TPSA) is 28.4 Å². The summed E-state index contributed by atoms with van der Waals surface area (Å²) >= 11 is 0. The van der Waals surface area contributed by atoms with Gasteiger partial charge in [-0.3, -0.25) is 4.90 Å². The molecule has 3 heteroatoms. The van der Waals surface area contributed by atoms with Gasteiger partial charge in [0.05, 0.1) is 13.1 Å². The molecule has 1 aromatic rings. The molecular weight excluding hydrogens is 212 g/mol. The zero-order valence-corrected chi connectivity index (χ0v) is 11.8. The first-order valence-electron chi connectivity index (χ1n) is 6.49. The molecule has 3 nitrogen and oxygen atoms in total. The molecule has 0 fully saturated rings. The summed E-state index contributed by atoms with van der Waals surface area (Å²) in [5.41, 5.74) is 0.217. The van der Waals surface area contributed by atoms with Crippen LogP contribution >= 0.6 is 0 Å². The van der Waals surface area contributed by atoms with E-state index in [1.165, 1.54) is 0 Å². The lowest BCUT2D eigenvalue weighted by Gasteiger charge is -2.34. The predicted molar refractivity (Wildman–Crippen MR) is 71.9 cm³/mol. The summed E-state index contributed by atoms with van der Waals surface area (Å²) < 4.78 is 5.79. The first-order chi connectivity index (χ1) is 7.99. The molecule has 0 saturated heterocycles. The Morgan fingerprint density at radius 2 is 1.88 bits per heavy atom. The lowest BCUT2D eigenvalue weighted by molar-refractivity contribution is 0.132. The van der Waals surface area contributed by atoms with E-state index >= 15 is 0 Å². The van der Waals surface area contributed by atoms with Gasteiger partial charge in [-0.15, -0.1) is 0 Å². The van der Waals surface area contributed by atoms with Gasteiger partial charge in [0.1, 0.15) is 11.5 Å². The van der Waals surface area contributed by atoms with Crippen molar-refractivity contribution in [1.82, 2.24) is 10.2 Å². The van der Waals surface area contributed by atoms with Crippen molar-refractivity contribution in [3.8, 4) is 0 Å². The minimum absolute atomic E-state index is 0.217. The van der Waals surface area contributed by atoms with Crippen molar-refractivity contribution < 1.29 is 4.42 Å². The number of hydrogen-bond acceptors (Lipinski definition) is 3. The molecule has 0 spiro atoms. The fraction of sp³-hybridized carbons (Fsp3) is 0.714. The van der Waals surface area contributed by atoms with Gasteiger partial charge in [0.25, 0.3) is 0 Å². The van der Waals surface area contributed by atoms with E-state index in [1.54, 1.807) is 0 Å². The highest BCUT2D eigenvalue weighted by molar-refractivity contribution is 5.07. The van der Waals surface area contributed by atoms with Gasteiger partial charge in [-0.1, -0.05) is 13.8 Å². The van der Waals surface area contributed by atoms with Crippen LogP contribution in [0.4, 0.5) is 0 Å². The average molecular weight is 238 g/mol.